The van der Waals surface area contributed by atoms with Gasteiger partial charge in [0.1, 0.15) is 12.4 Å². The Morgan fingerprint density at radius 1 is 1.43 bits per heavy atom. The number of halogens is 1. The number of benzene rings is 1. The number of aliphatic carboxylic acids is 1. The summed E-state index contributed by atoms with van der Waals surface area (Å²) in [5.41, 5.74) is 0.668. The van der Waals surface area contributed by atoms with Crippen molar-refractivity contribution in [3.63, 3.8) is 0 Å². The van der Waals surface area contributed by atoms with Crippen LogP contribution < -0.4 is 9.84 Å². The van der Waals surface area contributed by atoms with Crippen molar-refractivity contribution < 1.29 is 24.2 Å². The molecule has 1 aliphatic heterocycles. The van der Waals surface area contributed by atoms with E-state index < -0.39 is 12.6 Å². The predicted molar refractivity (Wildman–Crippen MR) is 87.5 cm³/mol. The zero-order chi connectivity index (χ0) is 17.0. The third-order valence-electron chi connectivity index (χ3n) is 2.78. The summed E-state index contributed by atoms with van der Waals surface area (Å²) in [4.78, 5) is 35.6. The Morgan fingerprint density at radius 2 is 2.17 bits per heavy atom. The topological polar surface area (TPSA) is 86.7 Å². The summed E-state index contributed by atoms with van der Waals surface area (Å²) in [7, 11) is 0. The van der Waals surface area contributed by atoms with Gasteiger partial charge in [-0.25, -0.2) is 0 Å². The van der Waals surface area contributed by atoms with Crippen molar-refractivity contribution in [2.24, 2.45) is 0 Å². The Kier molecular flexibility index (Phi) is 5.62. The first kappa shape index (κ1) is 17.3. The summed E-state index contributed by atoms with van der Waals surface area (Å²) < 4.78 is 5.56. The highest BCUT2D eigenvalue weighted by Crippen LogP contribution is 2.33. The van der Waals surface area contributed by atoms with Crippen molar-refractivity contribution in [1.82, 2.24) is 4.90 Å². The Morgan fingerprint density at radius 3 is 2.78 bits per heavy atom. The van der Waals surface area contributed by atoms with Crippen LogP contribution >= 0.6 is 27.7 Å². The lowest BCUT2D eigenvalue weighted by Gasteiger charge is -2.09. The van der Waals surface area contributed by atoms with Crippen LogP contribution in [-0.4, -0.2) is 35.2 Å². The molecule has 1 saturated heterocycles. The number of carboxylic acid groups (broad SMARTS) is 1. The number of ether oxygens (including phenoxy) is 1. The van der Waals surface area contributed by atoms with Gasteiger partial charge in [0.15, 0.2) is 0 Å². The van der Waals surface area contributed by atoms with Gasteiger partial charge in [-0.1, -0.05) is 12.1 Å². The SMILES string of the molecule is C=CCN1C(=O)S/C(=C/c2ccc(OCC(=O)[O-])c(Br)c2)C1=O. The van der Waals surface area contributed by atoms with Gasteiger partial charge in [0.2, 0.25) is 0 Å². The number of nitrogens with zero attached hydrogens (tertiary/aromatic N) is 1. The van der Waals surface area contributed by atoms with Gasteiger partial charge < -0.3 is 14.6 Å². The maximum absolute atomic E-state index is 12.1. The second kappa shape index (κ2) is 7.47. The molecule has 0 unspecified atom stereocenters. The van der Waals surface area contributed by atoms with E-state index in [0.29, 0.717) is 20.7 Å². The predicted octanol–water partition coefficient (Wildman–Crippen LogP) is 1.80. The second-order valence-electron chi connectivity index (χ2n) is 4.43. The van der Waals surface area contributed by atoms with Crippen LogP contribution in [0.4, 0.5) is 4.79 Å². The molecule has 1 fully saturated rings. The van der Waals surface area contributed by atoms with Gasteiger partial charge in [-0.2, -0.15) is 0 Å². The van der Waals surface area contributed by atoms with E-state index in [1.54, 1.807) is 24.3 Å². The fourth-order valence-corrected chi connectivity index (χ4v) is 3.16. The number of amides is 2. The molecule has 0 N–H and O–H groups in total. The standard InChI is InChI=1S/C15H12BrNO5S/c1-2-5-17-14(20)12(23-15(17)21)7-9-3-4-11(10(16)6-9)22-8-13(18)19/h2-4,6-7H,1,5,8H2,(H,18,19)/p-1/b12-7+. The van der Waals surface area contributed by atoms with E-state index in [2.05, 4.69) is 22.5 Å². The summed E-state index contributed by atoms with van der Waals surface area (Å²) in [6.45, 7) is 3.12. The molecular formula is C15H11BrNO5S-. The van der Waals surface area contributed by atoms with Crippen LogP contribution in [0.3, 0.4) is 0 Å². The van der Waals surface area contributed by atoms with Crippen LogP contribution in [0, 0.1) is 0 Å². The first-order chi connectivity index (χ1) is 10.9. The average Bonchev–Trinajstić information content (AvgIpc) is 2.74. The number of carbonyl (C=O) groups excluding carboxylic acids is 3. The molecule has 2 amide bonds. The minimum Gasteiger partial charge on any atom is -0.546 e. The average molecular weight is 397 g/mol. The third-order valence-corrected chi connectivity index (χ3v) is 4.31. The fraction of sp³-hybridized carbons (Fsp3) is 0.133. The van der Waals surface area contributed by atoms with Gasteiger partial charge in [-0.3, -0.25) is 14.5 Å². The van der Waals surface area contributed by atoms with Crippen molar-refractivity contribution in [3.8, 4) is 5.75 Å². The lowest BCUT2D eigenvalue weighted by atomic mass is 10.2. The van der Waals surface area contributed by atoms with Gasteiger partial charge in [0.05, 0.1) is 15.3 Å². The number of hydrogen-bond acceptors (Lipinski definition) is 6. The summed E-state index contributed by atoms with van der Waals surface area (Å²) in [6.07, 6.45) is 3.07. The lowest BCUT2D eigenvalue weighted by molar-refractivity contribution is -0.307. The molecule has 1 aromatic carbocycles. The molecule has 0 bridgehead atoms. The molecule has 0 atom stereocenters. The number of rotatable bonds is 6. The summed E-state index contributed by atoms with van der Waals surface area (Å²) in [5, 5.41) is 10.0. The van der Waals surface area contributed by atoms with E-state index >= 15 is 0 Å². The van der Waals surface area contributed by atoms with Crippen molar-refractivity contribution in [2.45, 2.75) is 0 Å². The van der Waals surface area contributed by atoms with E-state index in [4.69, 9.17) is 4.74 Å². The molecule has 1 aliphatic rings. The number of hydrogen-bond donors (Lipinski definition) is 0. The van der Waals surface area contributed by atoms with Crippen LogP contribution in [0.2, 0.25) is 0 Å². The van der Waals surface area contributed by atoms with Crippen LogP contribution in [-0.2, 0) is 9.59 Å². The van der Waals surface area contributed by atoms with E-state index in [9.17, 15) is 19.5 Å². The number of imide groups is 1. The van der Waals surface area contributed by atoms with E-state index in [1.807, 2.05) is 0 Å². The smallest absolute Gasteiger partial charge is 0.293 e. The molecular weight excluding hydrogens is 386 g/mol. The van der Waals surface area contributed by atoms with Gasteiger partial charge in [-0.15, -0.1) is 6.58 Å². The van der Waals surface area contributed by atoms with Gasteiger partial charge in [0.25, 0.3) is 11.1 Å². The molecule has 6 nitrogen and oxygen atoms in total. The van der Waals surface area contributed by atoms with Crippen molar-refractivity contribution in [1.29, 1.82) is 0 Å². The van der Waals surface area contributed by atoms with Crippen LogP contribution in [0.1, 0.15) is 5.56 Å². The maximum atomic E-state index is 12.1. The van der Waals surface area contributed by atoms with Crippen molar-refractivity contribution >= 4 is 50.9 Å². The van der Waals surface area contributed by atoms with E-state index in [0.717, 1.165) is 16.7 Å². The molecule has 0 aromatic heterocycles. The summed E-state index contributed by atoms with van der Waals surface area (Å²) in [5.74, 6) is -1.35. The Labute approximate surface area is 144 Å². The highest BCUT2D eigenvalue weighted by molar-refractivity contribution is 9.10. The van der Waals surface area contributed by atoms with E-state index in [1.165, 1.54) is 6.08 Å². The van der Waals surface area contributed by atoms with Crippen LogP contribution in [0.15, 0.2) is 40.2 Å². The van der Waals surface area contributed by atoms with E-state index in [-0.39, 0.29) is 17.7 Å². The molecule has 0 spiro atoms. The van der Waals surface area contributed by atoms with Gasteiger partial charge >= 0.3 is 0 Å². The highest BCUT2D eigenvalue weighted by Gasteiger charge is 2.33. The van der Waals surface area contributed by atoms with Crippen LogP contribution in [0.5, 0.6) is 5.75 Å². The monoisotopic (exact) mass is 396 g/mol. The second-order valence-corrected chi connectivity index (χ2v) is 6.28. The number of carboxylic acids is 1. The normalized spacial score (nSPS) is 16.0. The molecule has 1 aromatic rings. The summed E-state index contributed by atoms with van der Waals surface area (Å²) in [6, 6.07) is 4.87. The molecule has 1 heterocycles. The van der Waals surface area contributed by atoms with Gasteiger partial charge in [0, 0.05) is 6.54 Å². The Bertz CT molecular complexity index is 716. The van der Waals surface area contributed by atoms with Gasteiger partial charge in [-0.05, 0) is 51.5 Å². The molecule has 0 radical (unpaired) electrons. The lowest BCUT2D eigenvalue weighted by Crippen LogP contribution is -2.29. The minimum absolute atomic E-state index is 0.168. The first-order valence-electron chi connectivity index (χ1n) is 6.41. The summed E-state index contributed by atoms with van der Waals surface area (Å²) >= 11 is 4.12. The maximum Gasteiger partial charge on any atom is 0.293 e. The third kappa shape index (κ3) is 4.23. The van der Waals surface area contributed by atoms with Crippen molar-refractivity contribution in [3.05, 3.63) is 45.8 Å². The van der Waals surface area contributed by atoms with Crippen LogP contribution in [0.25, 0.3) is 6.08 Å². The Balaban J connectivity index is 2.18. The number of carbonyl (C=O) groups is 3. The number of thioether (sulfide) groups is 1. The fourth-order valence-electron chi connectivity index (χ4n) is 1.80. The molecule has 2 rings (SSSR count). The molecule has 0 saturated carbocycles. The highest BCUT2D eigenvalue weighted by atomic mass is 79.9. The molecule has 0 aliphatic carbocycles. The molecule has 8 heteroatoms. The first-order valence-corrected chi connectivity index (χ1v) is 8.01. The molecule has 23 heavy (non-hydrogen) atoms. The Hall–Kier alpha value is -2.06. The zero-order valence-corrected chi connectivity index (χ0v) is 14.2. The largest absolute Gasteiger partial charge is 0.546 e. The molecule has 120 valence electrons. The van der Waals surface area contributed by atoms with Crippen molar-refractivity contribution in [2.75, 3.05) is 13.2 Å². The minimum atomic E-state index is -1.32. The zero-order valence-electron chi connectivity index (χ0n) is 11.8. The quantitative estimate of drug-likeness (QED) is 0.538.